The maximum Gasteiger partial charge on any atom is 0.251 e. The summed E-state index contributed by atoms with van der Waals surface area (Å²) >= 11 is 0. The van der Waals surface area contributed by atoms with Crippen molar-refractivity contribution in [1.82, 2.24) is 10.2 Å². The number of halogens is 2. The average Bonchev–Trinajstić information content (AvgIpc) is 3.13. The fraction of sp³-hybridized carbons (Fsp3) is 0.684. The summed E-state index contributed by atoms with van der Waals surface area (Å²) in [5.41, 5.74) is 3.61. The largest absolute Gasteiger partial charge is 0.314 e. The summed E-state index contributed by atoms with van der Waals surface area (Å²) in [6, 6.07) is 9.45. The molecule has 2 fully saturated rings. The molecule has 1 saturated heterocycles. The van der Waals surface area contributed by atoms with Gasteiger partial charge in [-0.05, 0) is 68.8 Å². The van der Waals surface area contributed by atoms with Gasteiger partial charge in [0, 0.05) is 11.5 Å². The first kappa shape index (κ1) is 15.5. The molecule has 0 bridgehead atoms. The molecule has 2 nitrogen and oxygen atoms in total. The van der Waals surface area contributed by atoms with Gasteiger partial charge in [-0.2, -0.15) is 0 Å². The van der Waals surface area contributed by atoms with Gasteiger partial charge in [-0.1, -0.05) is 24.3 Å². The number of fused-ring (bicyclic) bond motifs is 2. The van der Waals surface area contributed by atoms with E-state index < -0.39 is 6.43 Å². The minimum atomic E-state index is -2.20. The third-order valence-electron chi connectivity index (χ3n) is 6.26. The van der Waals surface area contributed by atoms with Crippen LogP contribution in [-0.2, 0) is 11.8 Å². The molecular weight excluding hydrogens is 294 g/mol. The van der Waals surface area contributed by atoms with Crippen LogP contribution in [0.1, 0.15) is 36.8 Å². The first-order valence-electron chi connectivity index (χ1n) is 9.00. The van der Waals surface area contributed by atoms with Gasteiger partial charge in [-0.15, -0.1) is 0 Å². The predicted molar refractivity (Wildman–Crippen MR) is 88.0 cm³/mol. The van der Waals surface area contributed by atoms with Gasteiger partial charge in [-0.25, -0.2) is 8.78 Å². The molecule has 1 aliphatic heterocycles. The molecule has 3 aliphatic rings. The van der Waals surface area contributed by atoms with Crippen molar-refractivity contribution in [3.63, 3.8) is 0 Å². The zero-order valence-corrected chi connectivity index (χ0v) is 13.6. The molecule has 1 aromatic carbocycles. The maximum atomic E-state index is 12.4. The lowest BCUT2D eigenvalue weighted by molar-refractivity contribution is 0.0730. The highest BCUT2D eigenvalue weighted by molar-refractivity contribution is 5.45. The molecule has 1 heterocycles. The second kappa shape index (κ2) is 6.14. The molecule has 1 saturated carbocycles. The van der Waals surface area contributed by atoms with E-state index in [1.54, 1.807) is 11.1 Å². The minimum Gasteiger partial charge on any atom is -0.314 e. The smallest absolute Gasteiger partial charge is 0.251 e. The Bertz CT molecular complexity index is 554. The summed E-state index contributed by atoms with van der Waals surface area (Å²) in [7, 11) is 0. The Balaban J connectivity index is 1.25. The van der Waals surface area contributed by atoms with Crippen molar-refractivity contribution in [3.05, 3.63) is 35.4 Å². The van der Waals surface area contributed by atoms with Crippen molar-refractivity contribution in [2.45, 2.75) is 50.0 Å². The van der Waals surface area contributed by atoms with Gasteiger partial charge >= 0.3 is 0 Å². The van der Waals surface area contributed by atoms with Crippen molar-refractivity contribution >= 4 is 0 Å². The number of hydrogen-bond donors (Lipinski definition) is 1. The SMILES string of the molecule is FC(F)CN1CCC(NCC2CC23CCc2ccccc23)CC1. The Morgan fingerprint density at radius 1 is 1.22 bits per heavy atom. The lowest BCUT2D eigenvalue weighted by atomic mass is 9.95. The molecule has 0 amide bonds. The number of nitrogens with zero attached hydrogens (tertiary/aromatic N) is 1. The molecule has 4 heteroatoms. The van der Waals surface area contributed by atoms with Crippen molar-refractivity contribution in [2.24, 2.45) is 5.92 Å². The summed E-state index contributed by atoms with van der Waals surface area (Å²) in [5, 5.41) is 3.73. The zero-order chi connectivity index (χ0) is 15.9. The number of aryl methyl sites for hydroxylation is 1. The number of hydrogen-bond acceptors (Lipinski definition) is 2. The van der Waals surface area contributed by atoms with Gasteiger partial charge in [0.15, 0.2) is 0 Å². The molecular formula is C19H26F2N2. The highest BCUT2D eigenvalue weighted by Crippen LogP contribution is 2.61. The van der Waals surface area contributed by atoms with Gasteiger partial charge in [0.2, 0.25) is 0 Å². The average molecular weight is 320 g/mol. The summed E-state index contributed by atoms with van der Waals surface area (Å²) in [4.78, 5) is 1.90. The third-order valence-corrected chi connectivity index (χ3v) is 6.26. The fourth-order valence-electron chi connectivity index (χ4n) is 4.82. The van der Waals surface area contributed by atoms with E-state index in [1.165, 1.54) is 19.3 Å². The van der Waals surface area contributed by atoms with Crippen LogP contribution in [0.15, 0.2) is 24.3 Å². The van der Waals surface area contributed by atoms with Crippen molar-refractivity contribution in [2.75, 3.05) is 26.2 Å². The number of piperidine rings is 1. The second-order valence-corrected chi connectivity index (χ2v) is 7.59. The van der Waals surface area contributed by atoms with E-state index in [0.29, 0.717) is 11.5 Å². The van der Waals surface area contributed by atoms with Crippen molar-refractivity contribution in [3.8, 4) is 0 Å². The van der Waals surface area contributed by atoms with Gasteiger partial charge < -0.3 is 5.32 Å². The normalized spacial score (nSPS) is 31.0. The monoisotopic (exact) mass is 320 g/mol. The van der Waals surface area contributed by atoms with E-state index >= 15 is 0 Å². The molecule has 0 aromatic heterocycles. The minimum absolute atomic E-state index is 0.0603. The Morgan fingerprint density at radius 2 is 2.00 bits per heavy atom. The van der Waals surface area contributed by atoms with Crippen molar-refractivity contribution < 1.29 is 8.78 Å². The Kier molecular flexibility index (Phi) is 4.14. The van der Waals surface area contributed by atoms with E-state index in [1.807, 2.05) is 4.90 Å². The number of nitrogens with one attached hydrogen (secondary N) is 1. The molecule has 2 aliphatic carbocycles. The number of alkyl halides is 2. The van der Waals surface area contributed by atoms with Crippen molar-refractivity contribution in [1.29, 1.82) is 0 Å². The van der Waals surface area contributed by atoms with E-state index in [-0.39, 0.29) is 6.54 Å². The molecule has 23 heavy (non-hydrogen) atoms. The Hall–Kier alpha value is -1.00. The molecule has 4 rings (SSSR count). The number of likely N-dealkylation sites (tertiary alicyclic amines) is 1. The standard InChI is InChI=1S/C19H26F2N2/c20-18(21)13-23-9-6-16(7-10-23)22-12-15-11-19(15)8-5-14-3-1-2-4-17(14)19/h1-4,15-16,18,22H,5-13H2. The van der Waals surface area contributed by atoms with Crippen LogP contribution in [0.2, 0.25) is 0 Å². The van der Waals surface area contributed by atoms with Crippen LogP contribution in [0.25, 0.3) is 0 Å². The van der Waals surface area contributed by atoms with Crippen LogP contribution in [0, 0.1) is 5.92 Å². The van der Waals surface area contributed by atoms with Crippen LogP contribution in [0.4, 0.5) is 8.78 Å². The quantitative estimate of drug-likeness (QED) is 0.896. The number of benzene rings is 1. The lowest BCUT2D eigenvalue weighted by Gasteiger charge is -2.32. The Labute approximate surface area is 137 Å². The predicted octanol–water partition coefficient (Wildman–Crippen LogP) is 3.21. The molecule has 2 unspecified atom stereocenters. The molecule has 126 valence electrons. The Morgan fingerprint density at radius 3 is 2.78 bits per heavy atom. The first-order chi connectivity index (χ1) is 11.2. The number of rotatable bonds is 5. The van der Waals surface area contributed by atoms with Gasteiger partial charge in [0.1, 0.15) is 0 Å². The molecule has 1 N–H and O–H groups in total. The molecule has 1 aromatic rings. The van der Waals surface area contributed by atoms with Gasteiger partial charge in [0.25, 0.3) is 6.43 Å². The van der Waals surface area contributed by atoms with Gasteiger partial charge in [-0.3, -0.25) is 4.90 Å². The molecule has 0 radical (unpaired) electrons. The second-order valence-electron chi connectivity index (χ2n) is 7.59. The first-order valence-corrected chi connectivity index (χ1v) is 9.00. The van der Waals surface area contributed by atoms with Crippen LogP contribution in [-0.4, -0.2) is 43.5 Å². The van der Waals surface area contributed by atoms with E-state index in [4.69, 9.17) is 0 Å². The summed E-state index contributed by atoms with van der Waals surface area (Å²) in [6.07, 6.45) is 3.67. The summed E-state index contributed by atoms with van der Waals surface area (Å²) in [5.74, 6) is 0.769. The van der Waals surface area contributed by atoms with E-state index in [9.17, 15) is 8.78 Å². The highest BCUT2D eigenvalue weighted by atomic mass is 19.3. The van der Waals surface area contributed by atoms with Crippen LogP contribution < -0.4 is 5.32 Å². The topological polar surface area (TPSA) is 15.3 Å². The van der Waals surface area contributed by atoms with Crippen LogP contribution in [0.5, 0.6) is 0 Å². The molecule has 2 atom stereocenters. The van der Waals surface area contributed by atoms with E-state index in [2.05, 4.69) is 29.6 Å². The fourth-order valence-corrected chi connectivity index (χ4v) is 4.82. The highest BCUT2D eigenvalue weighted by Gasteiger charge is 2.57. The maximum absolute atomic E-state index is 12.4. The molecule has 1 spiro atoms. The zero-order valence-electron chi connectivity index (χ0n) is 13.6. The van der Waals surface area contributed by atoms with E-state index in [0.717, 1.165) is 38.4 Å². The summed E-state index contributed by atoms with van der Waals surface area (Å²) in [6.45, 7) is 2.64. The summed E-state index contributed by atoms with van der Waals surface area (Å²) < 4.78 is 24.8. The van der Waals surface area contributed by atoms with Crippen LogP contribution >= 0.6 is 0 Å². The lowest BCUT2D eigenvalue weighted by Crippen LogP contribution is -2.44. The van der Waals surface area contributed by atoms with Crippen LogP contribution in [0.3, 0.4) is 0 Å². The van der Waals surface area contributed by atoms with Gasteiger partial charge in [0.05, 0.1) is 6.54 Å². The third kappa shape index (κ3) is 3.03.